The van der Waals surface area contributed by atoms with Crippen molar-refractivity contribution >= 4 is 5.97 Å². The zero-order valence-corrected chi connectivity index (χ0v) is 12.0. The van der Waals surface area contributed by atoms with E-state index in [2.05, 4.69) is 0 Å². The predicted octanol–water partition coefficient (Wildman–Crippen LogP) is 4.48. The van der Waals surface area contributed by atoms with Crippen LogP contribution in [0.3, 0.4) is 0 Å². The molecule has 22 heavy (non-hydrogen) atoms. The largest absolute Gasteiger partial charge is 0.466 e. The number of ether oxygens (including phenoxy) is 1. The minimum Gasteiger partial charge on any atom is -0.466 e. The van der Waals surface area contributed by atoms with Gasteiger partial charge in [-0.05, 0) is 22.8 Å². The molecule has 0 radical (unpaired) electrons. The van der Waals surface area contributed by atoms with Crippen molar-refractivity contribution in [2.75, 3.05) is 6.61 Å². The van der Waals surface area contributed by atoms with Gasteiger partial charge in [-0.25, -0.2) is 0 Å². The molecule has 0 amide bonds. The van der Waals surface area contributed by atoms with Gasteiger partial charge in [-0.3, -0.25) is 4.79 Å². The van der Waals surface area contributed by atoms with Crippen LogP contribution in [0.1, 0.15) is 18.1 Å². The van der Waals surface area contributed by atoms with Crippen molar-refractivity contribution < 1.29 is 22.7 Å². The third kappa shape index (κ3) is 4.10. The van der Waals surface area contributed by atoms with E-state index in [9.17, 15) is 18.0 Å². The summed E-state index contributed by atoms with van der Waals surface area (Å²) in [4.78, 5) is 10.7. The average Bonchev–Trinajstić information content (AvgIpc) is 2.47. The number of esters is 1. The Hall–Kier alpha value is -2.30. The highest BCUT2D eigenvalue weighted by molar-refractivity contribution is 5.68. The first-order valence-corrected chi connectivity index (χ1v) is 6.77. The van der Waals surface area contributed by atoms with E-state index in [-0.39, 0.29) is 18.6 Å². The molecule has 0 saturated heterocycles. The lowest BCUT2D eigenvalue weighted by molar-refractivity contribution is -0.141. The molecule has 2 aromatic rings. The standard InChI is InChI=1S/C17H15F3O2/c1-12(21)22-10-9-13-7-8-15(14-5-3-2-4-6-14)16(11-13)17(18,19)20/h2-8,11H,9-10H2,1H3. The van der Waals surface area contributed by atoms with Gasteiger partial charge >= 0.3 is 12.1 Å². The number of hydrogen-bond donors (Lipinski definition) is 0. The van der Waals surface area contributed by atoms with Crippen molar-refractivity contribution in [3.05, 3.63) is 59.7 Å². The molecule has 0 unspecified atom stereocenters. The van der Waals surface area contributed by atoms with Crippen LogP contribution in [0.4, 0.5) is 13.2 Å². The molecule has 0 spiro atoms. The Labute approximate surface area is 126 Å². The van der Waals surface area contributed by atoms with E-state index in [0.717, 1.165) is 6.07 Å². The van der Waals surface area contributed by atoms with Gasteiger partial charge in [0, 0.05) is 13.3 Å². The van der Waals surface area contributed by atoms with Crippen LogP contribution >= 0.6 is 0 Å². The van der Waals surface area contributed by atoms with E-state index in [0.29, 0.717) is 11.1 Å². The van der Waals surface area contributed by atoms with Gasteiger partial charge in [0.1, 0.15) is 0 Å². The Kier molecular flexibility index (Phi) is 4.85. The van der Waals surface area contributed by atoms with E-state index < -0.39 is 17.7 Å². The minimum atomic E-state index is -4.44. The number of rotatable bonds is 4. The topological polar surface area (TPSA) is 26.3 Å². The average molecular weight is 308 g/mol. The molecule has 0 saturated carbocycles. The molecule has 0 heterocycles. The summed E-state index contributed by atoms with van der Waals surface area (Å²) < 4.78 is 44.6. The van der Waals surface area contributed by atoms with E-state index in [1.165, 1.54) is 13.0 Å². The molecule has 0 aliphatic carbocycles. The van der Waals surface area contributed by atoms with Crippen molar-refractivity contribution in [2.45, 2.75) is 19.5 Å². The highest BCUT2D eigenvalue weighted by Crippen LogP contribution is 2.37. The summed E-state index contributed by atoms with van der Waals surface area (Å²) in [6.07, 6.45) is -4.19. The summed E-state index contributed by atoms with van der Waals surface area (Å²) in [5.41, 5.74) is 0.456. The Morgan fingerprint density at radius 3 is 2.36 bits per heavy atom. The van der Waals surface area contributed by atoms with Crippen LogP contribution < -0.4 is 0 Å². The Balaban J connectivity index is 2.34. The molecule has 0 aromatic heterocycles. The Bertz CT molecular complexity index is 649. The summed E-state index contributed by atoms with van der Waals surface area (Å²) in [7, 11) is 0. The molecular formula is C17H15F3O2. The molecule has 0 atom stereocenters. The SMILES string of the molecule is CC(=O)OCCc1ccc(-c2ccccc2)c(C(F)(F)F)c1. The zero-order chi connectivity index (χ0) is 16.2. The molecule has 0 bridgehead atoms. The first-order valence-electron chi connectivity index (χ1n) is 6.77. The molecule has 0 fully saturated rings. The van der Waals surface area contributed by atoms with Gasteiger partial charge in [0.15, 0.2) is 0 Å². The van der Waals surface area contributed by atoms with Crippen molar-refractivity contribution in [1.82, 2.24) is 0 Å². The van der Waals surface area contributed by atoms with Crippen molar-refractivity contribution in [2.24, 2.45) is 0 Å². The van der Waals surface area contributed by atoms with Crippen LogP contribution in [-0.4, -0.2) is 12.6 Å². The lowest BCUT2D eigenvalue weighted by atomic mass is 9.96. The van der Waals surface area contributed by atoms with Crippen LogP contribution in [0.25, 0.3) is 11.1 Å². The number of alkyl halides is 3. The summed E-state index contributed by atoms with van der Waals surface area (Å²) in [5.74, 6) is -0.447. The van der Waals surface area contributed by atoms with E-state index >= 15 is 0 Å². The summed E-state index contributed by atoms with van der Waals surface area (Å²) >= 11 is 0. The molecule has 0 aliphatic rings. The fourth-order valence-corrected chi connectivity index (χ4v) is 2.16. The molecule has 2 aromatic carbocycles. The fraction of sp³-hybridized carbons (Fsp3) is 0.235. The Morgan fingerprint density at radius 2 is 1.77 bits per heavy atom. The molecule has 5 heteroatoms. The first-order chi connectivity index (χ1) is 10.4. The van der Waals surface area contributed by atoms with Gasteiger partial charge in [-0.2, -0.15) is 13.2 Å². The zero-order valence-electron chi connectivity index (χ0n) is 12.0. The third-order valence-corrected chi connectivity index (χ3v) is 3.17. The third-order valence-electron chi connectivity index (χ3n) is 3.17. The lowest BCUT2D eigenvalue weighted by Crippen LogP contribution is -2.09. The van der Waals surface area contributed by atoms with E-state index in [1.54, 1.807) is 36.4 Å². The molecule has 2 rings (SSSR count). The maximum Gasteiger partial charge on any atom is 0.417 e. The second-order valence-corrected chi connectivity index (χ2v) is 4.83. The maximum atomic E-state index is 13.3. The number of carbonyl (C=O) groups excluding carboxylic acids is 1. The second kappa shape index (κ2) is 6.64. The molecule has 0 N–H and O–H groups in total. The second-order valence-electron chi connectivity index (χ2n) is 4.83. The van der Waals surface area contributed by atoms with Gasteiger partial charge in [0.25, 0.3) is 0 Å². The lowest BCUT2D eigenvalue weighted by Gasteiger charge is -2.15. The highest BCUT2D eigenvalue weighted by Gasteiger charge is 2.33. The maximum absolute atomic E-state index is 13.3. The monoisotopic (exact) mass is 308 g/mol. The molecular weight excluding hydrogens is 293 g/mol. The van der Waals surface area contributed by atoms with Gasteiger partial charge in [0.2, 0.25) is 0 Å². The fourth-order valence-electron chi connectivity index (χ4n) is 2.16. The summed E-state index contributed by atoms with van der Waals surface area (Å²) in [6.45, 7) is 1.33. The van der Waals surface area contributed by atoms with Crippen molar-refractivity contribution in [1.29, 1.82) is 0 Å². The normalized spacial score (nSPS) is 11.3. The van der Waals surface area contributed by atoms with E-state index in [4.69, 9.17) is 4.74 Å². The van der Waals surface area contributed by atoms with Crippen LogP contribution in [-0.2, 0) is 22.1 Å². The van der Waals surface area contributed by atoms with Gasteiger partial charge in [-0.15, -0.1) is 0 Å². The molecule has 2 nitrogen and oxygen atoms in total. The number of halogens is 3. The molecule has 0 aliphatic heterocycles. The van der Waals surface area contributed by atoms with Crippen molar-refractivity contribution in [3.8, 4) is 11.1 Å². The van der Waals surface area contributed by atoms with Crippen molar-refractivity contribution in [3.63, 3.8) is 0 Å². The smallest absolute Gasteiger partial charge is 0.417 e. The quantitative estimate of drug-likeness (QED) is 0.779. The molecule has 116 valence electrons. The number of hydrogen-bond acceptors (Lipinski definition) is 2. The number of carbonyl (C=O) groups is 1. The minimum absolute atomic E-state index is 0.0668. The Morgan fingerprint density at radius 1 is 1.09 bits per heavy atom. The van der Waals surface area contributed by atoms with E-state index in [1.807, 2.05) is 0 Å². The first kappa shape index (κ1) is 16.1. The van der Waals surface area contributed by atoms with Crippen LogP contribution in [0.5, 0.6) is 0 Å². The van der Waals surface area contributed by atoms with Crippen LogP contribution in [0.2, 0.25) is 0 Å². The predicted molar refractivity (Wildman–Crippen MR) is 77.2 cm³/mol. The van der Waals surface area contributed by atoms with Crippen LogP contribution in [0.15, 0.2) is 48.5 Å². The van der Waals surface area contributed by atoms with Crippen LogP contribution in [0, 0.1) is 0 Å². The number of benzene rings is 2. The summed E-state index contributed by atoms with van der Waals surface area (Å²) in [6, 6.07) is 12.6. The highest BCUT2D eigenvalue weighted by atomic mass is 19.4. The van der Waals surface area contributed by atoms with Gasteiger partial charge in [0.05, 0.1) is 12.2 Å². The van der Waals surface area contributed by atoms with Gasteiger partial charge < -0.3 is 4.74 Å². The summed E-state index contributed by atoms with van der Waals surface area (Å²) in [5, 5.41) is 0. The van der Waals surface area contributed by atoms with Gasteiger partial charge in [-0.1, -0.05) is 42.5 Å².